The molecule has 3 N–H and O–H groups in total. The Morgan fingerprint density at radius 1 is 1.30 bits per heavy atom. The van der Waals surface area contributed by atoms with Crippen molar-refractivity contribution in [3.05, 3.63) is 35.9 Å². The summed E-state index contributed by atoms with van der Waals surface area (Å²) in [6.45, 7) is 0. The van der Waals surface area contributed by atoms with Crippen molar-refractivity contribution in [1.82, 2.24) is 0 Å². The van der Waals surface area contributed by atoms with Crippen molar-refractivity contribution in [1.29, 1.82) is 0 Å². The Morgan fingerprint density at radius 3 is 2.70 bits per heavy atom. The lowest BCUT2D eigenvalue weighted by Crippen LogP contribution is -2.50. The first-order valence-corrected chi connectivity index (χ1v) is 7.17. The summed E-state index contributed by atoms with van der Waals surface area (Å²) in [5.41, 5.74) is -1.02. The highest BCUT2D eigenvalue weighted by atomic mass is 16.6. The molecule has 7 nitrogen and oxygen atoms in total. The highest BCUT2D eigenvalue weighted by Gasteiger charge is 2.58. The van der Waals surface area contributed by atoms with Crippen molar-refractivity contribution in [2.75, 3.05) is 0 Å². The molecule has 1 aliphatic carbocycles. The molecule has 2 unspecified atom stereocenters. The third-order valence-corrected chi connectivity index (χ3v) is 4.05. The summed E-state index contributed by atoms with van der Waals surface area (Å²) in [5.74, 6) is -1.39. The summed E-state index contributed by atoms with van der Waals surface area (Å²) in [6.07, 6.45) is -0.563. The Kier molecular flexibility index (Phi) is 3.83. The van der Waals surface area contributed by atoms with Crippen molar-refractivity contribution in [3.63, 3.8) is 0 Å². The quantitative estimate of drug-likeness (QED) is 0.536. The second-order valence-corrected chi connectivity index (χ2v) is 5.77. The molecule has 0 spiro atoms. The summed E-state index contributed by atoms with van der Waals surface area (Å²) in [7, 11) is 0. The number of rotatable bonds is 3. The van der Waals surface area contributed by atoms with E-state index in [1.807, 2.05) is 0 Å². The van der Waals surface area contributed by atoms with Gasteiger partial charge in [0, 0.05) is 18.9 Å². The lowest BCUT2D eigenvalue weighted by Gasteiger charge is -2.32. The molecule has 3 rings (SSSR count). The average Bonchev–Trinajstić information content (AvgIpc) is 2.76. The number of ether oxygens (including phenoxy) is 2. The number of aromatic hydroxyl groups is 1. The highest BCUT2D eigenvalue weighted by molar-refractivity contribution is 5.87. The number of carbonyl (C=O) groups excluding carboxylic acids is 2. The van der Waals surface area contributed by atoms with Crippen LogP contribution >= 0.6 is 0 Å². The Balaban J connectivity index is 1.64. The molecule has 4 atom stereocenters. The fraction of sp³-hybridized carbons (Fsp3) is 0.375. The second kappa shape index (κ2) is 5.68. The van der Waals surface area contributed by atoms with Crippen molar-refractivity contribution in [3.8, 4) is 5.75 Å². The van der Waals surface area contributed by atoms with Gasteiger partial charge in [-0.2, -0.15) is 0 Å². The Hall–Kier alpha value is -2.38. The van der Waals surface area contributed by atoms with E-state index < -0.39 is 35.9 Å². The first-order chi connectivity index (χ1) is 10.9. The number of carbonyl (C=O) groups is 2. The number of esters is 2. The molecule has 1 heterocycles. The molecule has 1 aliphatic heterocycles. The van der Waals surface area contributed by atoms with Crippen molar-refractivity contribution < 1.29 is 34.4 Å². The number of hydrogen-bond acceptors (Lipinski definition) is 7. The smallest absolute Gasteiger partial charge is 0.338 e. The molecule has 2 bridgehead atoms. The maximum absolute atomic E-state index is 11.8. The maximum Gasteiger partial charge on any atom is 0.338 e. The van der Waals surface area contributed by atoms with E-state index in [4.69, 9.17) is 9.47 Å². The van der Waals surface area contributed by atoms with E-state index in [-0.39, 0.29) is 18.6 Å². The minimum absolute atomic E-state index is 0.00436. The number of fused-ring (bicyclic) bond motifs is 2. The van der Waals surface area contributed by atoms with Crippen LogP contribution in [0.25, 0.3) is 6.08 Å². The molecule has 2 aliphatic rings. The van der Waals surface area contributed by atoms with Crippen LogP contribution in [0.4, 0.5) is 0 Å². The van der Waals surface area contributed by atoms with E-state index >= 15 is 0 Å². The Bertz CT molecular complexity index is 651. The summed E-state index contributed by atoms with van der Waals surface area (Å²) in [5, 5.41) is 29.3. The molecule has 1 saturated carbocycles. The van der Waals surface area contributed by atoms with Gasteiger partial charge < -0.3 is 24.8 Å². The van der Waals surface area contributed by atoms with Gasteiger partial charge in [-0.1, -0.05) is 12.1 Å². The van der Waals surface area contributed by atoms with Crippen LogP contribution < -0.4 is 0 Å². The lowest BCUT2D eigenvalue weighted by atomic mass is 9.82. The molecule has 1 saturated heterocycles. The van der Waals surface area contributed by atoms with Crippen molar-refractivity contribution in [2.24, 2.45) is 0 Å². The molecule has 2 fully saturated rings. The minimum Gasteiger partial charge on any atom is -0.508 e. The van der Waals surface area contributed by atoms with Gasteiger partial charge >= 0.3 is 11.9 Å². The third-order valence-electron chi connectivity index (χ3n) is 4.05. The van der Waals surface area contributed by atoms with Gasteiger partial charge in [-0.25, -0.2) is 9.59 Å². The zero-order chi connectivity index (χ0) is 16.6. The van der Waals surface area contributed by atoms with Crippen LogP contribution in [0, 0.1) is 0 Å². The molecule has 122 valence electrons. The summed E-state index contributed by atoms with van der Waals surface area (Å²) < 4.78 is 10.0. The fourth-order valence-corrected chi connectivity index (χ4v) is 2.80. The molecule has 0 radical (unpaired) electrons. The van der Waals surface area contributed by atoms with Crippen LogP contribution in [0.2, 0.25) is 0 Å². The lowest BCUT2D eigenvalue weighted by molar-refractivity contribution is -0.162. The number of phenolic OH excluding ortho intramolecular Hbond substituents is 1. The SMILES string of the molecule is O=C(C=Cc1ccc(O)cc1)OC1C[C@]2(O)CC(OC2=O)[C@@H]1O. The molecular weight excluding hydrogens is 304 g/mol. The van der Waals surface area contributed by atoms with Crippen LogP contribution in [0.15, 0.2) is 30.3 Å². The Labute approximate surface area is 131 Å². The zero-order valence-electron chi connectivity index (χ0n) is 12.1. The first-order valence-electron chi connectivity index (χ1n) is 7.17. The summed E-state index contributed by atoms with van der Waals surface area (Å²) in [6, 6.07) is 6.19. The molecular formula is C16H16O7. The number of aliphatic hydroxyl groups is 2. The van der Waals surface area contributed by atoms with Gasteiger partial charge in [0.15, 0.2) is 5.60 Å². The van der Waals surface area contributed by atoms with E-state index in [0.29, 0.717) is 5.56 Å². The molecule has 7 heteroatoms. The van der Waals surface area contributed by atoms with Gasteiger partial charge in [0.2, 0.25) is 0 Å². The fourth-order valence-electron chi connectivity index (χ4n) is 2.80. The summed E-state index contributed by atoms with van der Waals surface area (Å²) in [4.78, 5) is 23.4. The molecule has 0 amide bonds. The van der Waals surface area contributed by atoms with Gasteiger partial charge in [0.1, 0.15) is 24.1 Å². The largest absolute Gasteiger partial charge is 0.508 e. The van der Waals surface area contributed by atoms with Gasteiger partial charge in [-0.3, -0.25) is 0 Å². The van der Waals surface area contributed by atoms with Crippen LogP contribution in [0.1, 0.15) is 18.4 Å². The number of aliphatic hydroxyl groups excluding tert-OH is 1. The second-order valence-electron chi connectivity index (χ2n) is 5.77. The average molecular weight is 320 g/mol. The minimum atomic E-state index is -1.70. The molecule has 1 aromatic carbocycles. The number of phenols is 1. The van der Waals surface area contributed by atoms with E-state index in [1.165, 1.54) is 24.3 Å². The van der Waals surface area contributed by atoms with Crippen molar-refractivity contribution in [2.45, 2.75) is 36.8 Å². The van der Waals surface area contributed by atoms with E-state index in [9.17, 15) is 24.9 Å². The Morgan fingerprint density at radius 2 is 2.00 bits per heavy atom. The first kappa shape index (κ1) is 15.5. The van der Waals surface area contributed by atoms with E-state index in [1.54, 1.807) is 12.1 Å². The van der Waals surface area contributed by atoms with Gasteiger partial charge in [0.25, 0.3) is 0 Å². The van der Waals surface area contributed by atoms with Gasteiger partial charge in [0.05, 0.1) is 0 Å². The normalized spacial score (nSPS) is 32.8. The predicted octanol–water partition coefficient (Wildman–Crippen LogP) is 0.128. The summed E-state index contributed by atoms with van der Waals surface area (Å²) >= 11 is 0. The van der Waals surface area contributed by atoms with E-state index in [0.717, 1.165) is 0 Å². The zero-order valence-corrected chi connectivity index (χ0v) is 12.1. The molecule has 0 aromatic heterocycles. The maximum atomic E-state index is 11.8. The molecule has 1 aromatic rings. The van der Waals surface area contributed by atoms with Gasteiger partial charge in [-0.15, -0.1) is 0 Å². The number of benzene rings is 1. The number of hydrogen-bond donors (Lipinski definition) is 3. The van der Waals surface area contributed by atoms with Crippen LogP contribution in [0.5, 0.6) is 5.75 Å². The van der Waals surface area contributed by atoms with Gasteiger partial charge in [-0.05, 0) is 23.8 Å². The van der Waals surface area contributed by atoms with E-state index in [2.05, 4.69) is 0 Å². The van der Waals surface area contributed by atoms with Crippen LogP contribution in [-0.4, -0.2) is 51.2 Å². The van der Waals surface area contributed by atoms with Crippen LogP contribution in [0.3, 0.4) is 0 Å². The monoisotopic (exact) mass is 320 g/mol. The molecule has 23 heavy (non-hydrogen) atoms. The third kappa shape index (κ3) is 3.06. The van der Waals surface area contributed by atoms with Crippen LogP contribution in [-0.2, 0) is 19.1 Å². The topological polar surface area (TPSA) is 113 Å². The standard InChI is InChI=1S/C16H16O7/c17-10-4-1-9(2-5-10)3-6-13(18)22-11-7-16(21)8-12(14(11)19)23-15(16)20/h1-6,11-12,14,17,19,21H,7-8H2/t11?,12?,14-,16+/m1/s1. The highest BCUT2D eigenvalue weighted by Crippen LogP contribution is 2.39. The predicted molar refractivity (Wildman–Crippen MR) is 77.1 cm³/mol. The van der Waals surface area contributed by atoms with Crippen molar-refractivity contribution >= 4 is 18.0 Å².